The second-order valence-corrected chi connectivity index (χ2v) is 13.5. The second-order valence-electron chi connectivity index (χ2n) is 13.5. The molecule has 4 aromatic rings. The summed E-state index contributed by atoms with van der Waals surface area (Å²) in [6.45, 7) is 2.55. The summed E-state index contributed by atoms with van der Waals surface area (Å²) < 4.78 is 56.6. The molecular formula is C40H42O13. The monoisotopic (exact) mass is 730 g/mol. The number of rotatable bonds is 8. The van der Waals surface area contributed by atoms with Gasteiger partial charge in [-0.15, -0.1) is 0 Å². The van der Waals surface area contributed by atoms with E-state index in [1.165, 1.54) is 21.3 Å². The minimum atomic E-state index is -0.400. The summed E-state index contributed by atoms with van der Waals surface area (Å²) in [7, 11) is 4.57. The molecule has 3 N–H and O–H groups in total. The summed E-state index contributed by atoms with van der Waals surface area (Å²) >= 11 is 0. The number of hydrogen-bond donors (Lipinski definition) is 3. The Morgan fingerprint density at radius 2 is 0.943 bits per heavy atom. The van der Waals surface area contributed by atoms with Gasteiger partial charge in [0.05, 0.1) is 72.0 Å². The molecule has 4 fully saturated rings. The lowest BCUT2D eigenvalue weighted by Gasteiger charge is -2.18. The Labute approximate surface area is 306 Å². The van der Waals surface area contributed by atoms with Crippen LogP contribution in [0.3, 0.4) is 0 Å². The van der Waals surface area contributed by atoms with Crippen LogP contribution in [0.5, 0.6) is 51.7 Å². The van der Waals surface area contributed by atoms with Gasteiger partial charge in [-0.05, 0) is 65.2 Å². The summed E-state index contributed by atoms with van der Waals surface area (Å²) in [5.41, 5.74) is 3.00. The molecule has 0 amide bonds. The molecule has 4 saturated heterocycles. The Bertz CT molecular complexity index is 1870. The molecule has 0 bridgehead atoms. The van der Waals surface area contributed by atoms with Crippen molar-refractivity contribution < 1.29 is 62.7 Å². The number of ether oxygens (including phenoxy) is 10. The number of hydrogen-bond acceptors (Lipinski definition) is 13. The van der Waals surface area contributed by atoms with Gasteiger partial charge >= 0.3 is 0 Å². The summed E-state index contributed by atoms with van der Waals surface area (Å²) in [4.78, 5) is 0. The Balaban J connectivity index is 0.000000151. The highest BCUT2D eigenvalue weighted by Crippen LogP contribution is 2.52. The second kappa shape index (κ2) is 14.7. The molecule has 5 aliphatic rings. The summed E-state index contributed by atoms with van der Waals surface area (Å²) in [6, 6.07) is 21.4. The molecule has 0 radical (unpaired) electrons. The first-order valence-electron chi connectivity index (χ1n) is 17.5. The van der Waals surface area contributed by atoms with E-state index in [1.807, 2.05) is 42.5 Å². The maximum atomic E-state index is 9.80. The molecule has 4 aromatic carbocycles. The van der Waals surface area contributed by atoms with E-state index < -0.39 is 6.29 Å². The van der Waals surface area contributed by atoms with Gasteiger partial charge in [0, 0.05) is 23.8 Å². The van der Waals surface area contributed by atoms with Gasteiger partial charge in [0.25, 0.3) is 0 Å². The quantitative estimate of drug-likeness (QED) is 0.193. The molecule has 9 rings (SSSR count). The zero-order valence-electron chi connectivity index (χ0n) is 29.5. The van der Waals surface area contributed by atoms with Crippen LogP contribution in [0.25, 0.3) is 0 Å². The van der Waals surface area contributed by atoms with Crippen LogP contribution >= 0.6 is 0 Å². The third-order valence-corrected chi connectivity index (χ3v) is 10.7. The van der Waals surface area contributed by atoms with Crippen molar-refractivity contribution in [2.75, 3.05) is 54.5 Å². The fourth-order valence-corrected chi connectivity index (χ4v) is 7.90. The molecule has 13 nitrogen and oxygen atoms in total. The Hall–Kier alpha value is -5.08. The molecule has 5 aliphatic heterocycles. The molecule has 8 atom stereocenters. The van der Waals surface area contributed by atoms with Crippen molar-refractivity contribution in [3.63, 3.8) is 0 Å². The zero-order valence-corrected chi connectivity index (χ0v) is 29.5. The third-order valence-electron chi connectivity index (χ3n) is 10.7. The van der Waals surface area contributed by atoms with Gasteiger partial charge in [0.15, 0.2) is 46.0 Å². The minimum absolute atomic E-state index is 0.0625. The van der Waals surface area contributed by atoms with E-state index in [0.717, 1.165) is 28.2 Å². The van der Waals surface area contributed by atoms with Crippen LogP contribution in [0, 0.1) is 23.7 Å². The fraction of sp³-hybridized carbons (Fsp3) is 0.400. The van der Waals surface area contributed by atoms with Crippen LogP contribution in [-0.4, -0.2) is 76.2 Å². The van der Waals surface area contributed by atoms with Crippen LogP contribution in [0.4, 0.5) is 0 Å². The normalized spacial score (nSPS) is 27.8. The SMILES string of the molecule is COc1cc(C2OCC3C(c4ccc(O)c(OC)c4)OCC23)ccc1O.COc1cc(OC2OCC3C(c4ccc5c(c4)OCO5)OCC23)ccc1O. The van der Waals surface area contributed by atoms with Crippen LogP contribution in [0.1, 0.15) is 35.0 Å². The van der Waals surface area contributed by atoms with Crippen molar-refractivity contribution in [3.05, 3.63) is 89.5 Å². The highest BCUT2D eigenvalue weighted by Gasteiger charge is 2.50. The van der Waals surface area contributed by atoms with E-state index >= 15 is 0 Å². The molecule has 0 aromatic heterocycles. The molecule has 280 valence electrons. The van der Waals surface area contributed by atoms with Crippen molar-refractivity contribution in [3.8, 4) is 51.7 Å². The van der Waals surface area contributed by atoms with Gasteiger partial charge in [-0.1, -0.05) is 18.2 Å². The number of aromatic hydroxyl groups is 3. The fourth-order valence-electron chi connectivity index (χ4n) is 7.90. The summed E-state index contributed by atoms with van der Waals surface area (Å²) in [6.07, 6.45) is -0.660. The topological polar surface area (TPSA) is 153 Å². The van der Waals surface area contributed by atoms with E-state index in [-0.39, 0.29) is 66.0 Å². The van der Waals surface area contributed by atoms with Crippen molar-refractivity contribution in [2.45, 2.75) is 24.6 Å². The number of methoxy groups -OCH3 is 3. The maximum absolute atomic E-state index is 9.80. The number of fused-ring (bicyclic) bond motifs is 3. The zero-order chi connectivity index (χ0) is 36.6. The predicted octanol–water partition coefficient (Wildman–Crippen LogP) is 6.06. The van der Waals surface area contributed by atoms with E-state index in [1.54, 1.807) is 30.3 Å². The molecule has 8 unspecified atom stereocenters. The van der Waals surface area contributed by atoms with Crippen LogP contribution in [0.2, 0.25) is 0 Å². The van der Waals surface area contributed by atoms with Gasteiger partial charge in [-0.2, -0.15) is 0 Å². The van der Waals surface area contributed by atoms with E-state index in [4.69, 9.17) is 47.4 Å². The van der Waals surface area contributed by atoms with Crippen LogP contribution in [0.15, 0.2) is 72.8 Å². The average molecular weight is 731 g/mol. The van der Waals surface area contributed by atoms with Gasteiger partial charge in [0.2, 0.25) is 13.1 Å². The number of phenols is 3. The van der Waals surface area contributed by atoms with E-state index in [9.17, 15) is 15.3 Å². The maximum Gasteiger partial charge on any atom is 0.231 e. The van der Waals surface area contributed by atoms with E-state index in [2.05, 4.69) is 0 Å². The lowest BCUT2D eigenvalue weighted by Crippen LogP contribution is -2.26. The first kappa shape index (κ1) is 35.0. The highest BCUT2D eigenvalue weighted by atomic mass is 16.7. The number of benzene rings is 4. The summed E-state index contributed by atoms with van der Waals surface area (Å²) in [5.74, 6) is 4.40. The van der Waals surface area contributed by atoms with Crippen LogP contribution < -0.4 is 28.4 Å². The predicted molar refractivity (Wildman–Crippen MR) is 187 cm³/mol. The molecule has 0 spiro atoms. The van der Waals surface area contributed by atoms with Crippen molar-refractivity contribution in [1.29, 1.82) is 0 Å². The smallest absolute Gasteiger partial charge is 0.231 e. The molecule has 13 heteroatoms. The first-order chi connectivity index (χ1) is 25.8. The summed E-state index contributed by atoms with van der Waals surface area (Å²) in [5, 5.41) is 29.3. The standard InChI is InChI=1S/C20H20O7.C20H22O6/c1-22-17-7-12(3-4-15(17)21)27-20-14-9-23-19(13(14)8-24-20)11-2-5-16-18(6-11)26-10-25-16;1-23-17-7-11(3-5-15(17)21)19-13-9-26-20(14(13)10-25-19)12-4-6-16(22)18(8-12)24-2/h2-7,13-14,19-21H,8-10H2,1H3;3-8,13-14,19-22H,9-10H2,1-2H3. The Morgan fingerprint density at radius 3 is 1.53 bits per heavy atom. The molecule has 53 heavy (non-hydrogen) atoms. The minimum Gasteiger partial charge on any atom is -0.504 e. The lowest BCUT2D eigenvalue weighted by molar-refractivity contribution is -0.0788. The van der Waals surface area contributed by atoms with Crippen molar-refractivity contribution >= 4 is 0 Å². The van der Waals surface area contributed by atoms with Crippen molar-refractivity contribution in [1.82, 2.24) is 0 Å². The molecule has 5 heterocycles. The van der Waals surface area contributed by atoms with Gasteiger partial charge in [-0.3, -0.25) is 0 Å². The molecular weight excluding hydrogens is 688 g/mol. The Morgan fingerprint density at radius 1 is 0.491 bits per heavy atom. The first-order valence-corrected chi connectivity index (χ1v) is 17.5. The van der Waals surface area contributed by atoms with Crippen molar-refractivity contribution in [2.24, 2.45) is 23.7 Å². The van der Waals surface area contributed by atoms with Gasteiger partial charge in [0.1, 0.15) is 5.75 Å². The molecule has 0 aliphatic carbocycles. The van der Waals surface area contributed by atoms with Gasteiger partial charge in [-0.25, -0.2) is 0 Å². The van der Waals surface area contributed by atoms with Gasteiger partial charge < -0.3 is 62.7 Å². The highest BCUT2D eigenvalue weighted by molar-refractivity contribution is 5.47. The number of phenolic OH excluding ortho intramolecular Hbond substituents is 3. The third kappa shape index (κ3) is 6.69. The largest absolute Gasteiger partial charge is 0.504 e. The molecule has 0 saturated carbocycles. The Kier molecular flexibility index (Phi) is 9.73. The van der Waals surface area contributed by atoms with Crippen LogP contribution in [-0.2, 0) is 18.9 Å². The van der Waals surface area contributed by atoms with E-state index in [0.29, 0.717) is 49.4 Å². The average Bonchev–Trinajstić information content (AvgIpc) is 4.02. The lowest BCUT2D eigenvalue weighted by atomic mass is 9.85.